The van der Waals surface area contributed by atoms with E-state index in [2.05, 4.69) is 20.8 Å². The molecular formula is C11H24O2. The first-order chi connectivity index (χ1) is 5.54. The maximum Gasteiger partial charge on any atom is 0.154 e. The Hall–Kier alpha value is -0.0800. The van der Waals surface area contributed by atoms with Crippen molar-refractivity contribution >= 4 is 0 Å². The summed E-state index contributed by atoms with van der Waals surface area (Å²) in [5.41, 5.74) is 0.0864. The summed E-state index contributed by atoms with van der Waals surface area (Å²) in [6, 6.07) is 0. The molecule has 0 heterocycles. The minimum absolute atomic E-state index is 0.0541. The van der Waals surface area contributed by atoms with Gasteiger partial charge >= 0.3 is 0 Å². The summed E-state index contributed by atoms with van der Waals surface area (Å²) in [6.45, 7) is 12.5. The Morgan fingerprint density at radius 2 is 1.31 bits per heavy atom. The maximum absolute atomic E-state index is 9.27. The van der Waals surface area contributed by atoms with Crippen LogP contribution in [-0.4, -0.2) is 16.5 Å². The van der Waals surface area contributed by atoms with Gasteiger partial charge in [0.05, 0.1) is 0 Å². The maximum atomic E-state index is 9.27. The third-order valence-electron chi connectivity index (χ3n) is 2.30. The average molecular weight is 188 g/mol. The molecule has 0 fully saturated rings. The van der Waals surface area contributed by atoms with Crippen molar-refractivity contribution in [3.63, 3.8) is 0 Å². The van der Waals surface area contributed by atoms with Gasteiger partial charge in [-0.2, -0.15) is 0 Å². The number of hydrogen-bond donors (Lipinski definition) is 2. The van der Waals surface area contributed by atoms with E-state index in [0.717, 1.165) is 6.42 Å². The third-order valence-corrected chi connectivity index (χ3v) is 2.30. The Bertz CT molecular complexity index is 148. The summed E-state index contributed by atoms with van der Waals surface area (Å²) in [4.78, 5) is 0. The molecule has 13 heavy (non-hydrogen) atoms. The molecule has 0 aromatic rings. The van der Waals surface area contributed by atoms with Crippen molar-refractivity contribution in [1.82, 2.24) is 0 Å². The summed E-state index contributed by atoms with van der Waals surface area (Å²) in [7, 11) is 0. The van der Waals surface area contributed by atoms with Crippen molar-refractivity contribution < 1.29 is 10.2 Å². The van der Waals surface area contributed by atoms with Crippen molar-refractivity contribution in [2.75, 3.05) is 0 Å². The SMILES string of the molecule is CC(C)(C)CC(C(O)O)C(C)(C)C. The lowest BCUT2D eigenvalue weighted by Gasteiger charge is -2.36. The number of rotatable bonds is 2. The fraction of sp³-hybridized carbons (Fsp3) is 1.00. The van der Waals surface area contributed by atoms with Gasteiger partial charge in [-0.15, -0.1) is 0 Å². The molecule has 0 aliphatic carbocycles. The van der Waals surface area contributed by atoms with Crippen LogP contribution in [0.1, 0.15) is 48.0 Å². The van der Waals surface area contributed by atoms with Crippen LogP contribution in [0.25, 0.3) is 0 Å². The predicted octanol–water partition coefficient (Wildman–Crippen LogP) is 2.40. The van der Waals surface area contributed by atoms with E-state index in [1.54, 1.807) is 0 Å². The van der Waals surface area contributed by atoms with Crippen molar-refractivity contribution in [2.45, 2.75) is 54.3 Å². The highest BCUT2D eigenvalue weighted by Gasteiger charge is 2.33. The van der Waals surface area contributed by atoms with Crippen LogP contribution in [0.15, 0.2) is 0 Å². The number of aliphatic hydroxyl groups is 2. The lowest BCUT2D eigenvalue weighted by Crippen LogP contribution is -2.35. The van der Waals surface area contributed by atoms with E-state index in [1.165, 1.54) is 0 Å². The van der Waals surface area contributed by atoms with Crippen LogP contribution in [0.4, 0.5) is 0 Å². The Balaban J connectivity index is 4.47. The van der Waals surface area contributed by atoms with Crippen LogP contribution in [0.3, 0.4) is 0 Å². The highest BCUT2D eigenvalue weighted by molar-refractivity contribution is 4.80. The van der Waals surface area contributed by atoms with Crippen molar-refractivity contribution in [3.8, 4) is 0 Å². The van der Waals surface area contributed by atoms with Gasteiger partial charge in [-0.05, 0) is 17.3 Å². The second-order valence-electron chi connectivity index (χ2n) is 6.15. The highest BCUT2D eigenvalue weighted by atomic mass is 16.5. The highest BCUT2D eigenvalue weighted by Crippen LogP contribution is 2.37. The first-order valence-electron chi connectivity index (χ1n) is 4.90. The molecule has 0 aromatic heterocycles. The number of hydrogen-bond acceptors (Lipinski definition) is 2. The first kappa shape index (κ1) is 12.9. The van der Waals surface area contributed by atoms with Crippen LogP contribution >= 0.6 is 0 Å². The van der Waals surface area contributed by atoms with Crippen LogP contribution in [0.2, 0.25) is 0 Å². The lowest BCUT2D eigenvalue weighted by molar-refractivity contribution is -0.124. The zero-order chi connectivity index (χ0) is 10.9. The minimum atomic E-state index is -1.21. The van der Waals surface area contributed by atoms with Crippen molar-refractivity contribution in [2.24, 2.45) is 16.7 Å². The lowest BCUT2D eigenvalue weighted by atomic mass is 9.72. The van der Waals surface area contributed by atoms with E-state index in [9.17, 15) is 10.2 Å². The molecule has 0 saturated carbocycles. The summed E-state index contributed by atoms with van der Waals surface area (Å²) in [5, 5.41) is 18.5. The minimum Gasteiger partial charge on any atom is -0.368 e. The molecule has 2 N–H and O–H groups in total. The molecule has 0 aromatic carbocycles. The molecule has 0 saturated heterocycles. The standard InChI is InChI=1S/C11H24O2/c1-10(2,3)7-8(9(12)13)11(4,5)6/h8-9,12-13H,7H2,1-6H3. The van der Waals surface area contributed by atoms with E-state index in [-0.39, 0.29) is 16.7 Å². The van der Waals surface area contributed by atoms with E-state index in [4.69, 9.17) is 0 Å². The smallest absolute Gasteiger partial charge is 0.154 e. The molecule has 0 aliphatic heterocycles. The Morgan fingerprint density at radius 3 is 1.38 bits per heavy atom. The second kappa shape index (κ2) is 3.97. The molecule has 1 atom stereocenters. The average Bonchev–Trinajstić information content (AvgIpc) is 1.77. The topological polar surface area (TPSA) is 40.5 Å². The van der Waals surface area contributed by atoms with Gasteiger partial charge in [-0.1, -0.05) is 41.5 Å². The zero-order valence-electron chi connectivity index (χ0n) is 9.76. The monoisotopic (exact) mass is 188 g/mol. The molecule has 0 radical (unpaired) electrons. The Kier molecular flexibility index (Phi) is 3.95. The molecule has 0 rings (SSSR count). The van der Waals surface area contributed by atoms with Gasteiger partial charge in [0.15, 0.2) is 6.29 Å². The summed E-state index contributed by atoms with van der Waals surface area (Å²) >= 11 is 0. The van der Waals surface area contributed by atoms with E-state index in [1.807, 2.05) is 20.8 Å². The Morgan fingerprint density at radius 1 is 0.923 bits per heavy atom. The molecule has 80 valence electrons. The van der Waals surface area contributed by atoms with E-state index >= 15 is 0 Å². The van der Waals surface area contributed by atoms with Crippen LogP contribution < -0.4 is 0 Å². The fourth-order valence-electron chi connectivity index (χ4n) is 1.52. The first-order valence-corrected chi connectivity index (χ1v) is 4.90. The van der Waals surface area contributed by atoms with Gasteiger partial charge in [0.1, 0.15) is 0 Å². The van der Waals surface area contributed by atoms with E-state index in [0.29, 0.717) is 0 Å². The molecule has 0 bridgehead atoms. The molecule has 2 heteroatoms. The molecule has 2 nitrogen and oxygen atoms in total. The molecule has 0 aliphatic rings. The van der Waals surface area contributed by atoms with Gasteiger partial charge < -0.3 is 10.2 Å². The van der Waals surface area contributed by atoms with Gasteiger partial charge in [0.25, 0.3) is 0 Å². The van der Waals surface area contributed by atoms with Crippen molar-refractivity contribution in [3.05, 3.63) is 0 Å². The quantitative estimate of drug-likeness (QED) is 0.653. The molecule has 0 spiro atoms. The largest absolute Gasteiger partial charge is 0.368 e. The van der Waals surface area contributed by atoms with Crippen molar-refractivity contribution in [1.29, 1.82) is 0 Å². The van der Waals surface area contributed by atoms with Gasteiger partial charge in [0.2, 0.25) is 0 Å². The van der Waals surface area contributed by atoms with Crippen LogP contribution in [-0.2, 0) is 0 Å². The summed E-state index contributed by atoms with van der Waals surface area (Å²) in [5.74, 6) is -0.0625. The Labute approximate surface area is 82.0 Å². The van der Waals surface area contributed by atoms with Gasteiger partial charge in [-0.25, -0.2) is 0 Å². The second-order valence-corrected chi connectivity index (χ2v) is 6.15. The molecule has 0 amide bonds. The normalized spacial score (nSPS) is 16.4. The fourth-order valence-corrected chi connectivity index (χ4v) is 1.52. The number of aliphatic hydroxyl groups excluding tert-OH is 1. The van der Waals surface area contributed by atoms with Crippen LogP contribution in [0, 0.1) is 16.7 Å². The zero-order valence-corrected chi connectivity index (χ0v) is 9.76. The van der Waals surface area contributed by atoms with Gasteiger partial charge in [0, 0.05) is 5.92 Å². The summed E-state index contributed by atoms with van der Waals surface area (Å²) < 4.78 is 0. The van der Waals surface area contributed by atoms with Crippen LogP contribution in [0.5, 0.6) is 0 Å². The summed E-state index contributed by atoms with van der Waals surface area (Å²) in [6.07, 6.45) is -0.382. The van der Waals surface area contributed by atoms with Gasteiger partial charge in [-0.3, -0.25) is 0 Å². The third kappa shape index (κ3) is 5.27. The predicted molar refractivity (Wildman–Crippen MR) is 55.2 cm³/mol. The van der Waals surface area contributed by atoms with E-state index < -0.39 is 6.29 Å². The molecule has 1 unspecified atom stereocenters. The molecular weight excluding hydrogens is 164 g/mol.